The highest BCUT2D eigenvalue weighted by Gasteiger charge is 2.24. The molecule has 1 aliphatic rings. The number of nitrogens with zero attached hydrogens (tertiary/aromatic N) is 1. The minimum atomic E-state index is 1.08. The minimum absolute atomic E-state index is 1.08. The van der Waals surface area contributed by atoms with Crippen LogP contribution in [0.4, 0.5) is 17.1 Å². The topological polar surface area (TPSA) is 3.24 Å². The summed E-state index contributed by atoms with van der Waals surface area (Å²) in [7, 11) is 3.61. The predicted molar refractivity (Wildman–Crippen MR) is 134 cm³/mol. The van der Waals surface area contributed by atoms with E-state index in [2.05, 4.69) is 112 Å². The van der Waals surface area contributed by atoms with E-state index in [1.807, 2.05) is 27.7 Å². The molecular weight excluding hydrogens is 378 g/mol. The molecule has 0 saturated carbocycles. The molecule has 0 atom stereocenters. The van der Waals surface area contributed by atoms with Gasteiger partial charge in [-0.3, -0.25) is 0 Å². The van der Waals surface area contributed by atoms with Gasteiger partial charge < -0.3 is 4.90 Å². The predicted octanol–water partition coefficient (Wildman–Crippen LogP) is 7.65. The van der Waals surface area contributed by atoms with Crippen molar-refractivity contribution in [2.75, 3.05) is 4.90 Å². The van der Waals surface area contributed by atoms with Crippen molar-refractivity contribution < 1.29 is 0 Å². The Bertz CT molecular complexity index is 1030. The average molecular weight is 407 g/mol. The lowest BCUT2D eigenvalue weighted by atomic mass is 9.95. The van der Waals surface area contributed by atoms with Crippen LogP contribution in [0.2, 0.25) is 0 Å². The SMILES string of the molecule is CC.CC.[Si]c1ccc(N2c3ccccc3-c3ccccc3-c3ccccc32)cc1. The van der Waals surface area contributed by atoms with Crippen molar-refractivity contribution in [1.82, 2.24) is 0 Å². The molecule has 0 N–H and O–H groups in total. The van der Waals surface area contributed by atoms with Gasteiger partial charge in [-0.2, -0.15) is 0 Å². The van der Waals surface area contributed by atoms with Crippen LogP contribution >= 0.6 is 0 Å². The molecule has 0 bridgehead atoms. The van der Waals surface area contributed by atoms with Crippen LogP contribution < -0.4 is 10.1 Å². The largest absolute Gasteiger partial charge is 0.309 e. The second kappa shape index (κ2) is 10.1. The molecule has 149 valence electrons. The smallest absolute Gasteiger partial charge is 0.0711 e. The average Bonchev–Trinajstić information content (AvgIpc) is 2.96. The first-order valence-corrected chi connectivity index (χ1v) is 11.2. The Hall–Kier alpha value is -3.10. The van der Waals surface area contributed by atoms with E-state index in [1.54, 1.807) is 0 Å². The molecule has 3 radical (unpaired) electrons. The second-order valence-corrected chi connectivity index (χ2v) is 7.04. The lowest BCUT2D eigenvalue weighted by Gasteiger charge is -2.27. The maximum atomic E-state index is 3.61. The quantitative estimate of drug-likeness (QED) is 0.258. The standard InChI is InChI=1S/C24H16NSi.2C2H6/c26-18-15-13-17(14-16-18)25-23-11-5-3-9-21(23)19-7-1-2-8-20(19)22-10-4-6-12-24(22)25;2*1-2/h1-16H;2*1-2H3. The van der Waals surface area contributed by atoms with Gasteiger partial charge in [0.05, 0.1) is 21.6 Å². The molecular formula is C28H28NSi. The molecule has 0 saturated heterocycles. The summed E-state index contributed by atoms with van der Waals surface area (Å²) in [5.74, 6) is 0. The molecule has 0 aromatic heterocycles. The minimum Gasteiger partial charge on any atom is -0.309 e. The first-order chi connectivity index (χ1) is 14.8. The molecule has 4 aromatic rings. The Kier molecular flexibility index (Phi) is 7.26. The van der Waals surface area contributed by atoms with E-state index in [9.17, 15) is 0 Å². The van der Waals surface area contributed by atoms with E-state index in [-0.39, 0.29) is 0 Å². The second-order valence-electron chi connectivity index (χ2n) is 6.46. The number of benzene rings is 4. The summed E-state index contributed by atoms with van der Waals surface area (Å²) in [5.41, 5.74) is 8.60. The highest BCUT2D eigenvalue weighted by molar-refractivity contribution is 6.32. The van der Waals surface area contributed by atoms with Crippen LogP contribution in [0.25, 0.3) is 22.3 Å². The summed E-state index contributed by atoms with van der Waals surface area (Å²) in [6.07, 6.45) is 0. The van der Waals surface area contributed by atoms with Crippen LogP contribution in [0.15, 0.2) is 97.1 Å². The fraction of sp³-hybridized carbons (Fsp3) is 0.143. The van der Waals surface area contributed by atoms with Gasteiger partial charge in [-0.25, -0.2) is 0 Å². The zero-order valence-corrected chi connectivity index (χ0v) is 19.2. The number of fused-ring (bicyclic) bond motifs is 5. The summed E-state index contributed by atoms with van der Waals surface area (Å²) < 4.78 is 0. The highest BCUT2D eigenvalue weighted by Crippen LogP contribution is 2.50. The van der Waals surface area contributed by atoms with E-state index < -0.39 is 0 Å². The van der Waals surface area contributed by atoms with Gasteiger partial charge >= 0.3 is 0 Å². The Balaban J connectivity index is 0.000000606. The van der Waals surface area contributed by atoms with Gasteiger partial charge in [-0.1, -0.05) is 106 Å². The normalized spacial score (nSPS) is 10.8. The Morgan fingerprint density at radius 3 is 1.27 bits per heavy atom. The molecule has 2 heteroatoms. The lowest BCUT2D eigenvalue weighted by molar-refractivity contribution is 1.30. The number of hydrogen-bond donors (Lipinski definition) is 0. The molecule has 1 nitrogen and oxygen atoms in total. The first kappa shape index (κ1) is 21.6. The van der Waals surface area contributed by atoms with Crippen LogP contribution in [0.5, 0.6) is 0 Å². The molecule has 0 unspecified atom stereocenters. The van der Waals surface area contributed by atoms with Crippen LogP contribution in [0.3, 0.4) is 0 Å². The van der Waals surface area contributed by atoms with Crippen molar-refractivity contribution in [3.8, 4) is 22.3 Å². The van der Waals surface area contributed by atoms with Crippen molar-refractivity contribution in [2.45, 2.75) is 27.7 Å². The van der Waals surface area contributed by atoms with Crippen molar-refractivity contribution in [2.24, 2.45) is 0 Å². The summed E-state index contributed by atoms with van der Waals surface area (Å²) >= 11 is 0. The number of anilines is 3. The summed E-state index contributed by atoms with van der Waals surface area (Å²) in [5, 5.41) is 1.08. The van der Waals surface area contributed by atoms with Crippen molar-refractivity contribution >= 4 is 32.5 Å². The Labute approximate surface area is 184 Å². The zero-order valence-electron chi connectivity index (χ0n) is 18.2. The van der Waals surface area contributed by atoms with E-state index in [4.69, 9.17) is 0 Å². The van der Waals surface area contributed by atoms with Crippen molar-refractivity contribution in [3.05, 3.63) is 97.1 Å². The van der Waals surface area contributed by atoms with Crippen LogP contribution in [-0.2, 0) is 0 Å². The lowest BCUT2D eigenvalue weighted by Crippen LogP contribution is -2.12. The van der Waals surface area contributed by atoms with Crippen LogP contribution in [0.1, 0.15) is 27.7 Å². The third kappa shape index (κ3) is 3.96. The number of para-hydroxylation sites is 2. The van der Waals surface area contributed by atoms with E-state index in [0.29, 0.717) is 0 Å². The monoisotopic (exact) mass is 406 g/mol. The molecule has 5 rings (SSSR count). The van der Waals surface area contributed by atoms with Crippen LogP contribution in [-0.4, -0.2) is 10.2 Å². The molecule has 0 spiro atoms. The number of rotatable bonds is 1. The van der Waals surface area contributed by atoms with Gasteiger partial charge in [-0.15, -0.1) is 0 Å². The van der Waals surface area contributed by atoms with Crippen molar-refractivity contribution in [1.29, 1.82) is 0 Å². The van der Waals surface area contributed by atoms with E-state index in [0.717, 1.165) is 10.9 Å². The van der Waals surface area contributed by atoms with Gasteiger partial charge in [0.2, 0.25) is 0 Å². The molecule has 1 heterocycles. The van der Waals surface area contributed by atoms with Gasteiger partial charge in [0.1, 0.15) is 0 Å². The fourth-order valence-electron chi connectivity index (χ4n) is 3.76. The third-order valence-corrected chi connectivity index (χ3v) is 5.26. The molecule has 0 aliphatic carbocycles. The molecule has 4 aromatic carbocycles. The Morgan fingerprint density at radius 2 is 0.833 bits per heavy atom. The van der Waals surface area contributed by atoms with Gasteiger partial charge in [0.15, 0.2) is 0 Å². The fourth-order valence-corrected chi connectivity index (χ4v) is 3.93. The Morgan fingerprint density at radius 1 is 0.467 bits per heavy atom. The van der Waals surface area contributed by atoms with Gasteiger partial charge in [0, 0.05) is 16.8 Å². The summed E-state index contributed by atoms with van der Waals surface area (Å²) in [4.78, 5) is 2.36. The first-order valence-electron chi connectivity index (χ1n) is 10.7. The van der Waals surface area contributed by atoms with Crippen LogP contribution in [0, 0.1) is 0 Å². The molecule has 0 amide bonds. The highest BCUT2D eigenvalue weighted by atomic mass is 28.1. The maximum Gasteiger partial charge on any atom is 0.0711 e. The van der Waals surface area contributed by atoms with Gasteiger partial charge in [-0.05, 0) is 35.4 Å². The maximum absolute atomic E-state index is 3.61. The molecule has 30 heavy (non-hydrogen) atoms. The molecule has 0 fully saturated rings. The van der Waals surface area contributed by atoms with Crippen molar-refractivity contribution in [3.63, 3.8) is 0 Å². The third-order valence-electron chi connectivity index (χ3n) is 4.92. The van der Waals surface area contributed by atoms with E-state index in [1.165, 1.54) is 33.6 Å². The summed E-state index contributed by atoms with van der Waals surface area (Å²) in [6.45, 7) is 8.00. The van der Waals surface area contributed by atoms with Gasteiger partial charge in [0.25, 0.3) is 0 Å². The number of hydrogen-bond acceptors (Lipinski definition) is 1. The molecule has 1 aliphatic heterocycles. The summed E-state index contributed by atoms with van der Waals surface area (Å²) in [6, 6.07) is 34.5. The van der Waals surface area contributed by atoms with E-state index >= 15 is 0 Å². The zero-order chi connectivity index (χ0) is 21.5.